The molecule has 2 unspecified atom stereocenters. The van der Waals surface area contributed by atoms with E-state index in [1.807, 2.05) is 6.07 Å². The van der Waals surface area contributed by atoms with Crippen LogP contribution >= 0.6 is 0 Å². The second kappa shape index (κ2) is 9.66. The Bertz CT molecular complexity index is 1200. The first-order valence-corrected chi connectivity index (χ1v) is 11.9. The van der Waals surface area contributed by atoms with E-state index in [1.54, 1.807) is 29.2 Å². The van der Waals surface area contributed by atoms with Crippen LogP contribution in [0.15, 0.2) is 48.5 Å². The molecule has 1 saturated carbocycles. The van der Waals surface area contributed by atoms with E-state index < -0.39 is 18.0 Å². The van der Waals surface area contributed by atoms with Crippen molar-refractivity contribution >= 4 is 23.4 Å². The Morgan fingerprint density at radius 3 is 2.25 bits per heavy atom. The molecule has 1 aliphatic carbocycles. The van der Waals surface area contributed by atoms with Gasteiger partial charge in [0.25, 0.3) is 11.8 Å². The monoisotopic (exact) mass is 493 g/mol. The average molecular weight is 494 g/mol. The minimum Gasteiger partial charge on any atom is -0.338 e. The van der Waals surface area contributed by atoms with Crippen LogP contribution in [0.5, 0.6) is 0 Å². The fourth-order valence-corrected chi connectivity index (χ4v) is 5.17. The highest BCUT2D eigenvalue weighted by Crippen LogP contribution is 2.45. The standard InChI is InChI=1S/C26H25F2N5O3/c27-17-5-1-15(2-6-17)25(35)31-19-7-3-16(4-8-19)26(36)32-13-21-22(14-32)24(21)30-11-23(34)33-12-18(28)9-20(33)10-29/h1-8,18,20-22,24,30H,9,11-14H2,(H,31,35)/t18-,20-,21?,22?,24?/m0/s1. The van der Waals surface area contributed by atoms with Crippen LogP contribution in [0.3, 0.4) is 0 Å². The predicted octanol–water partition coefficient (Wildman–Crippen LogP) is 2.20. The number of likely N-dealkylation sites (tertiary alicyclic amines) is 2. The van der Waals surface area contributed by atoms with E-state index in [0.29, 0.717) is 29.9 Å². The molecule has 0 spiro atoms. The number of nitrogens with one attached hydrogen (secondary N) is 2. The lowest BCUT2D eigenvalue weighted by molar-refractivity contribution is -0.130. The van der Waals surface area contributed by atoms with E-state index in [0.717, 1.165) is 0 Å². The Labute approximate surface area is 206 Å². The van der Waals surface area contributed by atoms with Gasteiger partial charge in [0.05, 0.1) is 19.2 Å². The Kier molecular flexibility index (Phi) is 6.41. The van der Waals surface area contributed by atoms with Crippen molar-refractivity contribution in [2.45, 2.75) is 24.7 Å². The van der Waals surface area contributed by atoms with Crippen LogP contribution in [-0.2, 0) is 4.79 Å². The van der Waals surface area contributed by atoms with E-state index in [9.17, 15) is 23.2 Å². The first kappa shape index (κ1) is 23.9. The third-order valence-electron chi connectivity index (χ3n) is 7.19. The maximum Gasteiger partial charge on any atom is 0.255 e. The van der Waals surface area contributed by atoms with Gasteiger partial charge >= 0.3 is 0 Å². The van der Waals surface area contributed by atoms with Crippen molar-refractivity contribution in [1.29, 1.82) is 5.26 Å². The quantitative estimate of drug-likeness (QED) is 0.642. The largest absolute Gasteiger partial charge is 0.338 e. The maximum atomic E-state index is 13.6. The zero-order valence-corrected chi connectivity index (χ0v) is 19.4. The second-order valence-corrected chi connectivity index (χ2v) is 9.51. The number of nitriles is 1. The first-order chi connectivity index (χ1) is 17.3. The van der Waals surface area contributed by atoms with E-state index in [1.165, 1.54) is 29.2 Å². The number of carbonyl (C=O) groups is 3. The topological polar surface area (TPSA) is 106 Å². The fraction of sp³-hybridized carbons (Fsp3) is 0.385. The van der Waals surface area contributed by atoms with Gasteiger partial charge in [-0.25, -0.2) is 8.78 Å². The molecule has 36 heavy (non-hydrogen) atoms. The highest BCUT2D eigenvalue weighted by atomic mass is 19.1. The van der Waals surface area contributed by atoms with Crippen LogP contribution in [0.4, 0.5) is 14.5 Å². The molecule has 2 heterocycles. The molecular weight excluding hydrogens is 468 g/mol. The molecule has 10 heteroatoms. The molecule has 5 rings (SSSR count). The minimum atomic E-state index is -1.15. The van der Waals surface area contributed by atoms with Crippen molar-refractivity contribution in [1.82, 2.24) is 15.1 Å². The molecule has 2 aromatic carbocycles. The van der Waals surface area contributed by atoms with Gasteiger partial charge in [-0.15, -0.1) is 0 Å². The molecule has 2 aromatic rings. The molecule has 3 aliphatic rings. The average Bonchev–Trinajstić information content (AvgIpc) is 3.18. The van der Waals surface area contributed by atoms with E-state index in [-0.39, 0.29) is 55.1 Å². The zero-order chi connectivity index (χ0) is 25.4. The molecule has 0 aromatic heterocycles. The summed E-state index contributed by atoms with van der Waals surface area (Å²) < 4.78 is 26.6. The SMILES string of the molecule is N#C[C@@H]1C[C@H](F)CN1C(=O)CNC1C2CN(C(=O)c3ccc(NC(=O)c4ccc(F)cc4)cc3)CC21. The number of halogens is 2. The van der Waals surface area contributed by atoms with Crippen molar-refractivity contribution in [2.24, 2.45) is 11.8 Å². The van der Waals surface area contributed by atoms with Crippen LogP contribution in [0.25, 0.3) is 0 Å². The normalized spacial score (nSPS) is 26.3. The first-order valence-electron chi connectivity index (χ1n) is 11.9. The number of fused-ring (bicyclic) bond motifs is 1. The van der Waals surface area contributed by atoms with Crippen molar-refractivity contribution in [2.75, 3.05) is 31.5 Å². The van der Waals surface area contributed by atoms with Gasteiger partial charge < -0.3 is 20.4 Å². The summed E-state index contributed by atoms with van der Waals surface area (Å²) in [5.41, 5.74) is 1.36. The molecule has 2 aliphatic heterocycles. The minimum absolute atomic E-state index is 0.0345. The maximum absolute atomic E-state index is 13.6. The third-order valence-corrected chi connectivity index (χ3v) is 7.19. The van der Waals surface area contributed by atoms with Crippen molar-refractivity contribution < 1.29 is 23.2 Å². The highest BCUT2D eigenvalue weighted by Gasteiger charge is 2.56. The van der Waals surface area contributed by atoms with Crippen LogP contribution in [0.1, 0.15) is 27.1 Å². The number of anilines is 1. The lowest BCUT2D eigenvalue weighted by Crippen LogP contribution is -2.43. The Hall–Kier alpha value is -3.84. The summed E-state index contributed by atoms with van der Waals surface area (Å²) >= 11 is 0. The molecule has 0 radical (unpaired) electrons. The number of carbonyl (C=O) groups excluding carboxylic acids is 3. The molecule has 0 bridgehead atoms. The van der Waals surface area contributed by atoms with Crippen LogP contribution in [0, 0.1) is 29.0 Å². The molecule has 4 atom stereocenters. The van der Waals surface area contributed by atoms with Crippen LogP contribution in [0.2, 0.25) is 0 Å². The number of nitrogens with zero attached hydrogens (tertiary/aromatic N) is 3. The lowest BCUT2D eigenvalue weighted by Gasteiger charge is -2.22. The third kappa shape index (κ3) is 4.79. The van der Waals surface area contributed by atoms with Gasteiger partial charge in [-0.3, -0.25) is 14.4 Å². The Morgan fingerprint density at radius 1 is 0.972 bits per heavy atom. The lowest BCUT2D eigenvalue weighted by atomic mass is 10.1. The molecule has 3 fully saturated rings. The molecule has 186 valence electrons. The number of amides is 3. The molecule has 2 saturated heterocycles. The van der Waals surface area contributed by atoms with Crippen LogP contribution < -0.4 is 10.6 Å². The summed E-state index contributed by atoms with van der Waals surface area (Å²) in [6, 6.07) is 13.2. The number of rotatable bonds is 6. The van der Waals surface area contributed by atoms with E-state index in [2.05, 4.69) is 10.6 Å². The van der Waals surface area contributed by atoms with Crippen molar-refractivity contribution in [3.63, 3.8) is 0 Å². The predicted molar refractivity (Wildman–Crippen MR) is 126 cm³/mol. The number of benzene rings is 2. The molecular formula is C26H25F2N5O3. The summed E-state index contributed by atoms with van der Waals surface area (Å²) in [6.45, 7) is 1.18. The fourth-order valence-electron chi connectivity index (χ4n) is 5.17. The summed E-state index contributed by atoms with van der Waals surface area (Å²) in [5.74, 6) is -0.645. The van der Waals surface area contributed by atoms with Gasteiger partial charge in [0.15, 0.2) is 0 Å². The zero-order valence-electron chi connectivity index (χ0n) is 19.4. The summed E-state index contributed by atoms with van der Waals surface area (Å²) in [6.07, 6.45) is -1.09. The Morgan fingerprint density at radius 2 is 1.61 bits per heavy atom. The molecule has 8 nitrogen and oxygen atoms in total. The highest BCUT2D eigenvalue weighted by molar-refractivity contribution is 6.04. The van der Waals surface area contributed by atoms with Crippen LogP contribution in [-0.4, -0.2) is 72.0 Å². The molecule has 2 N–H and O–H groups in total. The number of piperidine rings is 1. The van der Waals surface area contributed by atoms with Gasteiger partial charge in [0, 0.05) is 42.4 Å². The van der Waals surface area contributed by atoms with E-state index in [4.69, 9.17) is 5.26 Å². The van der Waals surface area contributed by atoms with Crippen molar-refractivity contribution in [3.05, 3.63) is 65.5 Å². The van der Waals surface area contributed by atoms with Gasteiger partial charge in [-0.2, -0.15) is 5.26 Å². The van der Waals surface area contributed by atoms with Gasteiger partial charge in [0.1, 0.15) is 18.0 Å². The van der Waals surface area contributed by atoms with Gasteiger partial charge in [-0.1, -0.05) is 0 Å². The summed E-state index contributed by atoms with van der Waals surface area (Å²) in [4.78, 5) is 40.7. The number of alkyl halides is 1. The summed E-state index contributed by atoms with van der Waals surface area (Å²) in [7, 11) is 0. The molecule has 3 amide bonds. The number of hydrogen-bond acceptors (Lipinski definition) is 5. The smallest absolute Gasteiger partial charge is 0.255 e. The van der Waals surface area contributed by atoms with E-state index >= 15 is 0 Å². The van der Waals surface area contributed by atoms with Crippen molar-refractivity contribution in [3.8, 4) is 6.07 Å². The number of hydrogen-bond donors (Lipinski definition) is 2. The van der Waals surface area contributed by atoms with Gasteiger partial charge in [0.2, 0.25) is 5.91 Å². The Balaban J connectivity index is 1.08. The second-order valence-electron chi connectivity index (χ2n) is 9.51. The van der Waals surface area contributed by atoms with Gasteiger partial charge in [-0.05, 0) is 60.4 Å². The summed E-state index contributed by atoms with van der Waals surface area (Å²) in [5, 5.41) is 15.0.